The minimum absolute atomic E-state index is 0. The summed E-state index contributed by atoms with van der Waals surface area (Å²) in [5.74, 6) is 2.83. The second kappa shape index (κ2) is 8.82. The third kappa shape index (κ3) is 4.19. The van der Waals surface area contributed by atoms with Crippen LogP contribution in [0.5, 0.6) is 23.0 Å². The number of halogens is 1. The molecule has 1 aromatic heterocycles. The summed E-state index contributed by atoms with van der Waals surface area (Å²) in [6, 6.07) is 11.9. The van der Waals surface area contributed by atoms with Gasteiger partial charge in [-0.25, -0.2) is 0 Å². The number of methoxy groups -OCH3 is 4. The molecule has 0 spiro atoms. The van der Waals surface area contributed by atoms with Gasteiger partial charge in [-0.15, -0.1) is 12.4 Å². The van der Waals surface area contributed by atoms with Gasteiger partial charge in [-0.05, 0) is 48.2 Å². The minimum atomic E-state index is 0. The van der Waals surface area contributed by atoms with Crippen molar-refractivity contribution in [3.8, 4) is 23.0 Å². The highest BCUT2D eigenvalue weighted by Crippen LogP contribution is 2.35. The van der Waals surface area contributed by atoms with Gasteiger partial charge in [0.1, 0.15) is 0 Å². The van der Waals surface area contributed by atoms with E-state index in [0.717, 1.165) is 27.7 Å². The molecule has 2 aromatic carbocycles. The van der Waals surface area contributed by atoms with E-state index in [4.69, 9.17) is 23.9 Å². The van der Waals surface area contributed by atoms with Crippen molar-refractivity contribution in [1.82, 2.24) is 4.98 Å². The topological polar surface area (TPSA) is 49.8 Å². The Hall–Kier alpha value is -2.66. The van der Waals surface area contributed by atoms with Crippen molar-refractivity contribution in [2.75, 3.05) is 28.4 Å². The van der Waals surface area contributed by atoms with Crippen LogP contribution in [0.25, 0.3) is 10.8 Å². The number of hydrogen-bond acceptors (Lipinski definition) is 5. The maximum Gasteiger partial charge on any atom is 0.161 e. The van der Waals surface area contributed by atoms with E-state index in [-0.39, 0.29) is 12.4 Å². The Balaban J connectivity index is 0.00000261. The van der Waals surface area contributed by atoms with E-state index >= 15 is 0 Å². The number of ether oxygens (including phenoxy) is 4. The van der Waals surface area contributed by atoms with Crippen LogP contribution in [0.4, 0.5) is 0 Å². The lowest BCUT2D eigenvalue weighted by molar-refractivity contribution is 0.354. The van der Waals surface area contributed by atoms with Crippen molar-refractivity contribution in [2.45, 2.75) is 13.3 Å². The van der Waals surface area contributed by atoms with Gasteiger partial charge in [-0.2, -0.15) is 0 Å². The Morgan fingerprint density at radius 3 is 1.96 bits per heavy atom. The molecule has 0 saturated heterocycles. The molecule has 0 aliphatic rings. The number of nitrogens with zero attached hydrogens (tertiary/aromatic N) is 1. The maximum atomic E-state index is 5.46. The van der Waals surface area contributed by atoms with E-state index in [0.29, 0.717) is 29.4 Å². The average Bonchev–Trinajstić information content (AvgIpc) is 2.66. The molecule has 0 atom stereocenters. The van der Waals surface area contributed by atoms with Gasteiger partial charge in [0.15, 0.2) is 23.0 Å². The van der Waals surface area contributed by atoms with Crippen molar-refractivity contribution in [3.05, 3.63) is 53.3 Å². The highest BCUT2D eigenvalue weighted by atomic mass is 35.5. The Bertz CT molecular complexity index is 943. The fourth-order valence-corrected chi connectivity index (χ4v) is 3.11. The number of aromatic nitrogens is 1. The van der Waals surface area contributed by atoms with Gasteiger partial charge >= 0.3 is 0 Å². The van der Waals surface area contributed by atoms with Crippen LogP contribution in [0.15, 0.2) is 36.4 Å². The first-order valence-electron chi connectivity index (χ1n) is 8.32. The number of aryl methyl sites for hydroxylation is 1. The fourth-order valence-electron chi connectivity index (χ4n) is 3.11. The largest absolute Gasteiger partial charge is 0.493 e. The minimum Gasteiger partial charge on any atom is -0.493 e. The van der Waals surface area contributed by atoms with E-state index in [1.54, 1.807) is 28.4 Å². The van der Waals surface area contributed by atoms with Gasteiger partial charge in [0.05, 0.1) is 34.1 Å². The molecule has 3 aromatic rings. The summed E-state index contributed by atoms with van der Waals surface area (Å²) >= 11 is 0. The molecule has 144 valence electrons. The summed E-state index contributed by atoms with van der Waals surface area (Å²) < 4.78 is 21.6. The first-order valence-corrected chi connectivity index (χ1v) is 8.32. The Kier molecular flexibility index (Phi) is 6.75. The molecule has 0 amide bonds. The first kappa shape index (κ1) is 20.6. The molecule has 0 bridgehead atoms. The van der Waals surface area contributed by atoms with Crippen LogP contribution in [0.2, 0.25) is 0 Å². The van der Waals surface area contributed by atoms with Crippen LogP contribution in [0, 0.1) is 6.92 Å². The summed E-state index contributed by atoms with van der Waals surface area (Å²) in [5.41, 5.74) is 3.03. The van der Waals surface area contributed by atoms with Crippen LogP contribution < -0.4 is 18.9 Å². The fraction of sp³-hybridized carbons (Fsp3) is 0.286. The van der Waals surface area contributed by atoms with Gasteiger partial charge in [-0.3, -0.25) is 4.98 Å². The van der Waals surface area contributed by atoms with E-state index in [9.17, 15) is 0 Å². The third-order valence-corrected chi connectivity index (χ3v) is 4.36. The highest BCUT2D eigenvalue weighted by molar-refractivity contribution is 5.88. The van der Waals surface area contributed by atoms with Crippen molar-refractivity contribution < 1.29 is 18.9 Å². The lowest BCUT2D eigenvalue weighted by atomic mass is 10.0. The van der Waals surface area contributed by atoms with Gasteiger partial charge < -0.3 is 18.9 Å². The summed E-state index contributed by atoms with van der Waals surface area (Å²) in [7, 11) is 6.55. The predicted molar refractivity (Wildman–Crippen MR) is 109 cm³/mol. The van der Waals surface area contributed by atoms with Crippen molar-refractivity contribution in [1.29, 1.82) is 0 Å². The Morgan fingerprint density at radius 2 is 1.33 bits per heavy atom. The molecule has 6 heteroatoms. The third-order valence-electron chi connectivity index (χ3n) is 4.36. The van der Waals surface area contributed by atoms with Crippen LogP contribution in [-0.2, 0) is 6.42 Å². The molecule has 1 heterocycles. The quantitative estimate of drug-likeness (QED) is 0.617. The SMILES string of the molecule is COc1ccc(Cc2nc(C)cc3cc(OC)c(OC)cc23)cc1OC.Cl. The zero-order valence-corrected chi connectivity index (χ0v) is 17.0. The molecule has 0 radical (unpaired) electrons. The van der Waals surface area contributed by atoms with Crippen LogP contribution in [0.1, 0.15) is 17.0 Å². The molecule has 0 fully saturated rings. The number of hydrogen-bond donors (Lipinski definition) is 0. The predicted octanol–water partition coefficient (Wildman–Crippen LogP) is 4.59. The van der Waals surface area contributed by atoms with E-state index in [1.807, 2.05) is 37.3 Å². The molecule has 27 heavy (non-hydrogen) atoms. The molecule has 0 aliphatic heterocycles. The van der Waals surface area contributed by atoms with Gasteiger partial charge in [0.25, 0.3) is 0 Å². The molecule has 3 rings (SSSR count). The van der Waals surface area contributed by atoms with Crippen molar-refractivity contribution in [3.63, 3.8) is 0 Å². The zero-order chi connectivity index (χ0) is 18.7. The molecule has 0 N–H and O–H groups in total. The molecule has 5 nitrogen and oxygen atoms in total. The van der Waals surface area contributed by atoms with Gasteiger partial charge in [0.2, 0.25) is 0 Å². The molecule has 0 saturated carbocycles. The zero-order valence-electron chi connectivity index (χ0n) is 16.2. The molecular formula is C21H24ClNO4. The van der Waals surface area contributed by atoms with Crippen molar-refractivity contribution >= 4 is 23.2 Å². The van der Waals surface area contributed by atoms with E-state index in [1.165, 1.54) is 0 Å². The first-order chi connectivity index (χ1) is 12.6. The molecular weight excluding hydrogens is 366 g/mol. The summed E-state index contributed by atoms with van der Waals surface area (Å²) in [4.78, 5) is 4.76. The van der Waals surface area contributed by atoms with E-state index in [2.05, 4.69) is 6.07 Å². The molecule has 0 unspecified atom stereocenters. The number of fused-ring (bicyclic) bond motifs is 1. The number of pyridine rings is 1. The number of benzene rings is 2. The van der Waals surface area contributed by atoms with Crippen LogP contribution in [0.3, 0.4) is 0 Å². The average molecular weight is 390 g/mol. The number of rotatable bonds is 6. The monoisotopic (exact) mass is 389 g/mol. The lowest BCUT2D eigenvalue weighted by Gasteiger charge is -2.13. The molecule has 0 aliphatic carbocycles. The normalized spacial score (nSPS) is 10.3. The second-order valence-corrected chi connectivity index (χ2v) is 6.00. The van der Waals surface area contributed by atoms with Gasteiger partial charge in [0, 0.05) is 17.5 Å². The highest BCUT2D eigenvalue weighted by Gasteiger charge is 2.13. The Morgan fingerprint density at radius 1 is 0.741 bits per heavy atom. The standard InChI is InChI=1S/C21H23NO4.ClH/c1-13-8-15-11-20(25-4)21(26-5)12-16(15)17(22-13)9-14-6-7-18(23-2)19(10-14)24-3;/h6-8,10-12H,9H2,1-5H3;1H. The Labute approximate surface area is 165 Å². The van der Waals surface area contributed by atoms with Gasteiger partial charge in [-0.1, -0.05) is 6.07 Å². The van der Waals surface area contributed by atoms with Crippen molar-refractivity contribution in [2.24, 2.45) is 0 Å². The van der Waals surface area contributed by atoms with E-state index < -0.39 is 0 Å². The van der Waals surface area contributed by atoms with Crippen LogP contribution in [-0.4, -0.2) is 33.4 Å². The second-order valence-electron chi connectivity index (χ2n) is 6.00. The summed E-state index contributed by atoms with van der Waals surface area (Å²) in [6.45, 7) is 1.99. The summed E-state index contributed by atoms with van der Waals surface area (Å²) in [6.07, 6.45) is 0.675. The smallest absolute Gasteiger partial charge is 0.161 e. The van der Waals surface area contributed by atoms with Crippen LogP contribution >= 0.6 is 12.4 Å². The maximum absolute atomic E-state index is 5.46. The lowest BCUT2D eigenvalue weighted by Crippen LogP contribution is -1.99. The summed E-state index contributed by atoms with van der Waals surface area (Å²) in [5, 5.41) is 2.12.